The van der Waals surface area contributed by atoms with Gasteiger partial charge in [0.2, 0.25) is 0 Å². The quantitative estimate of drug-likeness (QED) is 0.295. The number of carboxylic acids is 1. The maximum absolute atomic E-state index is 14.1. The molecule has 1 atom stereocenters. The zero-order valence-electron chi connectivity index (χ0n) is 23.0. The second-order valence-electron chi connectivity index (χ2n) is 10.4. The summed E-state index contributed by atoms with van der Waals surface area (Å²) in [5.74, 6) is 0.878. The standard InChI is InChI=1S/C34H26N2O5S/c1-19-17-21(33(38)39)12-14-23(19)28-16-13-22(41-28)18-29-32(37)36-31(25-9-5-6-10-27(25)40-2)26-15-11-20-7-3-4-8-24(20)30(26)35-34(36)42-29/h3-10,12-14,16-18,31H,11,15H2,1-2H3,(H,38,39)/b29-18+/t31-/m1/s1. The first kappa shape index (κ1) is 26.0. The normalized spacial score (nSPS) is 16.0. The number of furan rings is 1. The van der Waals surface area contributed by atoms with E-state index in [1.165, 1.54) is 16.9 Å². The average molecular weight is 575 g/mol. The van der Waals surface area contributed by atoms with Crippen LogP contribution < -0.4 is 19.6 Å². The molecule has 0 fully saturated rings. The number of para-hydroxylation sites is 1. The third-order valence-corrected chi connectivity index (χ3v) is 8.93. The first-order valence-corrected chi connectivity index (χ1v) is 14.4. The Bertz CT molecular complexity index is 2110. The first-order valence-electron chi connectivity index (χ1n) is 13.6. The summed E-state index contributed by atoms with van der Waals surface area (Å²) < 4.78 is 14.2. The van der Waals surface area contributed by atoms with E-state index in [2.05, 4.69) is 18.2 Å². The van der Waals surface area contributed by atoms with E-state index in [0.29, 0.717) is 20.9 Å². The van der Waals surface area contributed by atoms with Crippen LogP contribution in [-0.4, -0.2) is 22.8 Å². The van der Waals surface area contributed by atoms with Crippen LogP contribution in [0.3, 0.4) is 0 Å². The molecule has 0 unspecified atom stereocenters. The number of aromatic carboxylic acids is 1. The zero-order chi connectivity index (χ0) is 29.0. The molecule has 0 spiro atoms. The fourth-order valence-electron chi connectivity index (χ4n) is 5.97. The van der Waals surface area contributed by atoms with Crippen LogP contribution in [0.5, 0.6) is 5.75 Å². The van der Waals surface area contributed by atoms with E-state index < -0.39 is 5.97 Å². The molecule has 0 radical (unpaired) electrons. The Hall–Kier alpha value is -4.95. The van der Waals surface area contributed by atoms with E-state index in [-0.39, 0.29) is 17.2 Å². The smallest absolute Gasteiger partial charge is 0.335 e. The number of hydrogen-bond donors (Lipinski definition) is 1. The molecule has 0 bridgehead atoms. The van der Waals surface area contributed by atoms with E-state index in [4.69, 9.17) is 14.1 Å². The molecule has 5 aromatic rings. The minimum Gasteiger partial charge on any atom is -0.496 e. The summed E-state index contributed by atoms with van der Waals surface area (Å²) in [7, 11) is 1.65. The maximum Gasteiger partial charge on any atom is 0.335 e. The summed E-state index contributed by atoms with van der Waals surface area (Å²) in [6.07, 6.45) is 3.43. The molecular formula is C34H26N2O5S. The molecule has 208 valence electrons. The molecule has 3 aromatic carbocycles. The third-order valence-electron chi connectivity index (χ3n) is 7.95. The Morgan fingerprint density at radius 3 is 2.67 bits per heavy atom. The predicted molar refractivity (Wildman–Crippen MR) is 162 cm³/mol. The van der Waals surface area contributed by atoms with Crippen LogP contribution in [0.15, 0.2) is 98.6 Å². The molecule has 7 rings (SSSR count). The van der Waals surface area contributed by atoms with E-state index in [0.717, 1.165) is 52.1 Å². The van der Waals surface area contributed by atoms with Gasteiger partial charge in [-0.2, -0.15) is 0 Å². The van der Waals surface area contributed by atoms with Gasteiger partial charge in [0.15, 0.2) is 4.80 Å². The van der Waals surface area contributed by atoms with Crippen LogP contribution in [0.25, 0.3) is 23.1 Å². The fraction of sp³-hybridized carbons (Fsp3) is 0.147. The number of allylic oxidation sites excluding steroid dienone is 1. The number of ether oxygens (including phenoxy) is 1. The Morgan fingerprint density at radius 1 is 1.05 bits per heavy atom. The summed E-state index contributed by atoms with van der Waals surface area (Å²) in [5.41, 5.74) is 7.00. The minimum absolute atomic E-state index is 0.139. The molecule has 0 saturated carbocycles. The lowest BCUT2D eigenvalue weighted by atomic mass is 9.83. The lowest BCUT2D eigenvalue weighted by Gasteiger charge is -2.31. The van der Waals surface area contributed by atoms with Crippen molar-refractivity contribution < 1.29 is 19.1 Å². The van der Waals surface area contributed by atoms with Gasteiger partial charge in [-0.25, -0.2) is 9.79 Å². The van der Waals surface area contributed by atoms with Crippen molar-refractivity contribution in [1.29, 1.82) is 0 Å². The number of nitrogens with zero attached hydrogens (tertiary/aromatic N) is 2. The van der Waals surface area contributed by atoms with E-state index >= 15 is 0 Å². The minimum atomic E-state index is -0.975. The Labute approximate surface area is 245 Å². The molecule has 0 saturated heterocycles. The number of carboxylic acid groups (broad SMARTS) is 1. The highest BCUT2D eigenvalue weighted by Crippen LogP contribution is 2.43. The van der Waals surface area contributed by atoms with Gasteiger partial charge < -0.3 is 14.3 Å². The van der Waals surface area contributed by atoms with Crippen molar-refractivity contribution in [1.82, 2.24) is 4.57 Å². The second-order valence-corrected chi connectivity index (χ2v) is 11.4. The van der Waals surface area contributed by atoms with Crippen molar-refractivity contribution in [3.05, 3.63) is 138 Å². The number of carbonyl (C=O) groups is 1. The molecule has 1 N–H and O–H groups in total. The van der Waals surface area contributed by atoms with Crippen LogP contribution in [0.1, 0.15) is 50.8 Å². The lowest BCUT2D eigenvalue weighted by molar-refractivity contribution is 0.0696. The van der Waals surface area contributed by atoms with E-state index in [9.17, 15) is 14.7 Å². The molecule has 3 heterocycles. The molecule has 1 aliphatic carbocycles. The van der Waals surface area contributed by atoms with Gasteiger partial charge in [-0.05, 0) is 66.8 Å². The summed E-state index contributed by atoms with van der Waals surface area (Å²) >= 11 is 1.34. The van der Waals surface area contributed by atoms with Gasteiger partial charge in [0.25, 0.3) is 5.56 Å². The van der Waals surface area contributed by atoms with Crippen LogP contribution in [0.2, 0.25) is 0 Å². The van der Waals surface area contributed by atoms with Crippen molar-refractivity contribution in [2.24, 2.45) is 4.99 Å². The number of aryl methyl sites for hydroxylation is 2. The Morgan fingerprint density at radius 2 is 1.86 bits per heavy atom. The summed E-state index contributed by atoms with van der Waals surface area (Å²) in [6, 6.07) is 24.4. The fourth-order valence-corrected chi connectivity index (χ4v) is 6.95. The number of fused-ring (bicyclic) bond motifs is 3. The molecule has 42 heavy (non-hydrogen) atoms. The highest BCUT2D eigenvalue weighted by molar-refractivity contribution is 7.07. The molecule has 8 heteroatoms. The number of benzene rings is 3. The van der Waals surface area contributed by atoms with E-state index in [1.807, 2.05) is 49.4 Å². The molecular weight excluding hydrogens is 548 g/mol. The summed E-state index contributed by atoms with van der Waals surface area (Å²) in [5, 5.41) is 9.29. The molecule has 1 aliphatic heterocycles. The monoisotopic (exact) mass is 574 g/mol. The van der Waals surface area contributed by atoms with Crippen molar-refractivity contribution in [2.45, 2.75) is 25.8 Å². The highest BCUT2D eigenvalue weighted by Gasteiger charge is 2.34. The maximum atomic E-state index is 14.1. The molecule has 2 aliphatic rings. The van der Waals surface area contributed by atoms with Crippen LogP contribution >= 0.6 is 11.3 Å². The van der Waals surface area contributed by atoms with Gasteiger partial charge in [0.1, 0.15) is 17.3 Å². The molecule has 0 amide bonds. The highest BCUT2D eigenvalue weighted by atomic mass is 32.1. The van der Waals surface area contributed by atoms with Gasteiger partial charge in [0, 0.05) is 22.8 Å². The number of aromatic nitrogens is 1. The van der Waals surface area contributed by atoms with Gasteiger partial charge in [0.05, 0.1) is 28.9 Å². The zero-order valence-corrected chi connectivity index (χ0v) is 23.8. The lowest BCUT2D eigenvalue weighted by Crippen LogP contribution is -2.38. The SMILES string of the molecule is COc1ccccc1[C@@H]1C2=C(N=c3s/c(=C/c4ccc(-c5ccc(C(=O)O)cc5C)o4)c(=O)n31)c1ccccc1CC2. The van der Waals surface area contributed by atoms with Crippen molar-refractivity contribution in [2.75, 3.05) is 7.11 Å². The van der Waals surface area contributed by atoms with Gasteiger partial charge in [-0.3, -0.25) is 9.36 Å². The van der Waals surface area contributed by atoms with Gasteiger partial charge in [-0.15, -0.1) is 0 Å². The van der Waals surface area contributed by atoms with Crippen molar-refractivity contribution >= 4 is 29.1 Å². The summed E-state index contributed by atoms with van der Waals surface area (Å²) in [4.78, 5) is 31.1. The second kappa shape index (κ2) is 10.2. The molecule has 2 aromatic heterocycles. The topological polar surface area (TPSA) is 94.0 Å². The van der Waals surface area contributed by atoms with Gasteiger partial charge >= 0.3 is 5.97 Å². The van der Waals surface area contributed by atoms with Gasteiger partial charge in [-0.1, -0.05) is 59.9 Å². The Kier molecular flexibility index (Phi) is 6.28. The van der Waals surface area contributed by atoms with E-state index in [1.54, 1.807) is 36.0 Å². The van der Waals surface area contributed by atoms with Crippen molar-refractivity contribution in [3.63, 3.8) is 0 Å². The number of thiazole rings is 1. The van der Waals surface area contributed by atoms with Crippen LogP contribution in [0, 0.1) is 6.92 Å². The predicted octanol–water partition coefficient (Wildman–Crippen LogP) is 5.59. The number of methoxy groups -OCH3 is 1. The average Bonchev–Trinajstić information content (AvgIpc) is 3.59. The molecule has 7 nitrogen and oxygen atoms in total. The first-order chi connectivity index (χ1) is 20.4. The summed E-state index contributed by atoms with van der Waals surface area (Å²) in [6.45, 7) is 1.85. The number of hydrogen-bond acceptors (Lipinski definition) is 6. The van der Waals surface area contributed by atoms with Crippen LogP contribution in [-0.2, 0) is 6.42 Å². The Balaban J connectivity index is 1.38. The van der Waals surface area contributed by atoms with Crippen molar-refractivity contribution in [3.8, 4) is 17.1 Å². The third kappa shape index (κ3) is 4.23. The number of rotatable bonds is 5. The largest absolute Gasteiger partial charge is 0.496 e. The van der Waals surface area contributed by atoms with Crippen LogP contribution in [0.4, 0.5) is 0 Å².